The van der Waals surface area contributed by atoms with Crippen LogP contribution in [0.25, 0.3) is 0 Å². The van der Waals surface area contributed by atoms with Gasteiger partial charge in [0, 0.05) is 12.6 Å². The number of ether oxygens (including phenoxy) is 1. The zero-order chi connectivity index (χ0) is 20.7. The summed E-state index contributed by atoms with van der Waals surface area (Å²) in [5.74, 6) is -2.26. The van der Waals surface area contributed by atoms with Crippen molar-refractivity contribution in [3.8, 4) is 5.75 Å². The van der Waals surface area contributed by atoms with Crippen molar-refractivity contribution in [3.05, 3.63) is 65.2 Å². The van der Waals surface area contributed by atoms with Crippen molar-refractivity contribution >= 4 is 11.8 Å². The lowest BCUT2D eigenvalue weighted by molar-refractivity contribution is -0.120. The van der Waals surface area contributed by atoms with E-state index >= 15 is 0 Å². The molecule has 2 aromatic rings. The molecule has 2 amide bonds. The molecule has 0 bridgehead atoms. The maximum atomic E-state index is 13.6. The van der Waals surface area contributed by atoms with Gasteiger partial charge < -0.3 is 20.3 Å². The van der Waals surface area contributed by atoms with Crippen LogP contribution in [0, 0.1) is 11.6 Å². The van der Waals surface area contributed by atoms with E-state index < -0.39 is 23.4 Å². The molecule has 0 aliphatic heterocycles. The Morgan fingerprint density at radius 1 is 1.11 bits per heavy atom. The standard InChI is InChI=1S/C20H23F2N3O3/c1-25(2)18(13-5-4-6-15(9-13)28-3)11-23-19(26)12-24-20(27)16-8-7-14(21)10-17(16)22/h4-10,18H,11-12H2,1-3H3,(H,23,26)(H,24,27). The van der Waals surface area contributed by atoms with Crippen LogP contribution in [-0.4, -0.2) is 51.0 Å². The van der Waals surface area contributed by atoms with Crippen molar-refractivity contribution in [1.29, 1.82) is 0 Å². The summed E-state index contributed by atoms with van der Waals surface area (Å²) in [5, 5.41) is 5.06. The molecule has 0 saturated heterocycles. The van der Waals surface area contributed by atoms with E-state index in [1.165, 1.54) is 0 Å². The summed E-state index contributed by atoms with van der Waals surface area (Å²) < 4.78 is 31.7. The van der Waals surface area contributed by atoms with Crippen LogP contribution >= 0.6 is 0 Å². The van der Waals surface area contributed by atoms with Gasteiger partial charge >= 0.3 is 0 Å². The highest BCUT2D eigenvalue weighted by Crippen LogP contribution is 2.22. The molecule has 2 N–H and O–H groups in total. The predicted molar refractivity (Wildman–Crippen MR) is 101 cm³/mol. The van der Waals surface area contributed by atoms with E-state index in [9.17, 15) is 18.4 Å². The summed E-state index contributed by atoms with van der Waals surface area (Å²) in [6.07, 6.45) is 0. The van der Waals surface area contributed by atoms with Crippen molar-refractivity contribution in [3.63, 3.8) is 0 Å². The monoisotopic (exact) mass is 391 g/mol. The predicted octanol–water partition coefficient (Wildman–Crippen LogP) is 2.12. The van der Waals surface area contributed by atoms with Gasteiger partial charge in [-0.05, 0) is 43.9 Å². The van der Waals surface area contributed by atoms with Gasteiger partial charge in [-0.2, -0.15) is 0 Å². The molecule has 0 saturated carbocycles. The Morgan fingerprint density at radius 3 is 2.50 bits per heavy atom. The topological polar surface area (TPSA) is 70.7 Å². The molecule has 2 rings (SSSR count). The zero-order valence-electron chi connectivity index (χ0n) is 16.0. The molecule has 0 aliphatic carbocycles. The molecule has 6 nitrogen and oxygen atoms in total. The molecule has 28 heavy (non-hydrogen) atoms. The Kier molecular flexibility index (Phi) is 7.45. The van der Waals surface area contributed by atoms with Crippen LogP contribution in [0.2, 0.25) is 0 Å². The molecule has 0 radical (unpaired) electrons. The Labute approximate surface area is 162 Å². The van der Waals surface area contributed by atoms with Crippen molar-refractivity contribution in [1.82, 2.24) is 15.5 Å². The van der Waals surface area contributed by atoms with Crippen LogP contribution in [-0.2, 0) is 4.79 Å². The van der Waals surface area contributed by atoms with E-state index in [1.54, 1.807) is 7.11 Å². The number of nitrogens with zero attached hydrogens (tertiary/aromatic N) is 1. The van der Waals surface area contributed by atoms with E-state index in [0.29, 0.717) is 18.4 Å². The highest BCUT2D eigenvalue weighted by molar-refractivity contribution is 5.96. The molecule has 2 aromatic carbocycles. The van der Waals surface area contributed by atoms with Gasteiger partial charge in [0.15, 0.2) is 0 Å². The van der Waals surface area contributed by atoms with E-state index in [2.05, 4.69) is 10.6 Å². The average molecular weight is 391 g/mol. The molecule has 0 spiro atoms. The molecular weight excluding hydrogens is 368 g/mol. The Morgan fingerprint density at radius 2 is 1.86 bits per heavy atom. The van der Waals surface area contributed by atoms with Gasteiger partial charge in [-0.1, -0.05) is 12.1 Å². The van der Waals surface area contributed by atoms with Gasteiger partial charge in [-0.3, -0.25) is 9.59 Å². The fourth-order valence-electron chi connectivity index (χ4n) is 2.65. The first-order chi connectivity index (χ1) is 13.3. The number of benzene rings is 2. The number of likely N-dealkylation sites (N-methyl/N-ethyl adjacent to an activating group) is 1. The van der Waals surface area contributed by atoms with Crippen LogP contribution in [0.15, 0.2) is 42.5 Å². The van der Waals surface area contributed by atoms with Crippen molar-refractivity contribution in [2.75, 3.05) is 34.3 Å². The summed E-state index contributed by atoms with van der Waals surface area (Å²) in [4.78, 5) is 26.0. The van der Waals surface area contributed by atoms with Gasteiger partial charge in [0.05, 0.1) is 25.3 Å². The number of rotatable bonds is 8. The molecular formula is C20H23F2N3O3. The number of hydrogen-bond acceptors (Lipinski definition) is 4. The maximum Gasteiger partial charge on any atom is 0.254 e. The quantitative estimate of drug-likeness (QED) is 0.723. The summed E-state index contributed by atoms with van der Waals surface area (Å²) in [6.45, 7) is -0.0201. The number of hydrogen-bond donors (Lipinski definition) is 2. The van der Waals surface area contributed by atoms with Crippen molar-refractivity contribution < 1.29 is 23.1 Å². The Bertz CT molecular complexity index is 843. The highest BCUT2D eigenvalue weighted by atomic mass is 19.1. The number of halogens is 2. The van der Waals surface area contributed by atoms with E-state index in [1.807, 2.05) is 43.3 Å². The maximum absolute atomic E-state index is 13.6. The number of carbonyl (C=O) groups excluding carboxylic acids is 2. The lowest BCUT2D eigenvalue weighted by Gasteiger charge is -2.25. The van der Waals surface area contributed by atoms with Gasteiger partial charge in [0.25, 0.3) is 5.91 Å². The Hall–Kier alpha value is -3.00. The molecule has 8 heteroatoms. The van der Waals surface area contributed by atoms with Crippen molar-refractivity contribution in [2.45, 2.75) is 6.04 Å². The number of carbonyl (C=O) groups is 2. The first-order valence-electron chi connectivity index (χ1n) is 8.62. The van der Waals surface area contributed by atoms with Gasteiger partial charge in [-0.15, -0.1) is 0 Å². The lowest BCUT2D eigenvalue weighted by Crippen LogP contribution is -2.40. The largest absolute Gasteiger partial charge is 0.497 e. The van der Waals surface area contributed by atoms with Crippen molar-refractivity contribution in [2.24, 2.45) is 0 Å². The van der Waals surface area contributed by atoms with E-state index in [4.69, 9.17) is 4.74 Å². The molecule has 0 fully saturated rings. The van der Waals surface area contributed by atoms with Crippen LogP contribution < -0.4 is 15.4 Å². The summed E-state index contributed by atoms with van der Waals surface area (Å²) in [7, 11) is 5.35. The fraction of sp³-hybridized carbons (Fsp3) is 0.300. The second kappa shape index (κ2) is 9.80. The highest BCUT2D eigenvalue weighted by Gasteiger charge is 2.17. The fourth-order valence-corrected chi connectivity index (χ4v) is 2.65. The minimum atomic E-state index is -0.983. The SMILES string of the molecule is COc1cccc(C(CNC(=O)CNC(=O)c2ccc(F)cc2F)N(C)C)c1. The number of amides is 2. The number of methoxy groups -OCH3 is 1. The van der Waals surface area contributed by atoms with Gasteiger partial charge in [0.1, 0.15) is 17.4 Å². The smallest absolute Gasteiger partial charge is 0.254 e. The van der Waals surface area contributed by atoms with Crippen LogP contribution in [0.5, 0.6) is 5.75 Å². The second-order valence-corrected chi connectivity index (χ2v) is 6.37. The van der Waals surface area contributed by atoms with E-state index in [-0.39, 0.29) is 18.2 Å². The summed E-state index contributed by atoms with van der Waals surface area (Å²) >= 11 is 0. The van der Waals surface area contributed by atoms with Crippen LogP contribution in [0.3, 0.4) is 0 Å². The first kappa shape index (κ1) is 21.3. The summed E-state index contributed by atoms with van der Waals surface area (Å²) in [6, 6.07) is 10.0. The average Bonchev–Trinajstić information content (AvgIpc) is 2.66. The molecule has 0 aliphatic rings. The van der Waals surface area contributed by atoms with E-state index in [0.717, 1.165) is 17.7 Å². The minimum absolute atomic E-state index is 0.107. The molecule has 0 aromatic heterocycles. The third-order valence-corrected chi connectivity index (χ3v) is 4.18. The summed E-state index contributed by atoms with van der Waals surface area (Å²) in [5.41, 5.74) is 0.638. The third kappa shape index (κ3) is 5.75. The molecule has 150 valence electrons. The normalized spacial score (nSPS) is 11.8. The van der Waals surface area contributed by atoms with Crippen LogP contribution in [0.1, 0.15) is 22.0 Å². The number of nitrogens with one attached hydrogen (secondary N) is 2. The molecule has 1 unspecified atom stereocenters. The molecule has 1 atom stereocenters. The van der Waals surface area contributed by atoms with Crippen LogP contribution in [0.4, 0.5) is 8.78 Å². The zero-order valence-corrected chi connectivity index (χ0v) is 16.0. The minimum Gasteiger partial charge on any atom is -0.497 e. The molecule has 0 heterocycles. The second-order valence-electron chi connectivity index (χ2n) is 6.37. The third-order valence-electron chi connectivity index (χ3n) is 4.18. The van der Waals surface area contributed by atoms with Gasteiger partial charge in [-0.25, -0.2) is 8.78 Å². The van der Waals surface area contributed by atoms with Gasteiger partial charge in [0.2, 0.25) is 5.91 Å². The lowest BCUT2D eigenvalue weighted by atomic mass is 10.1. The Balaban J connectivity index is 1.91. The first-order valence-corrected chi connectivity index (χ1v) is 8.62.